The molecule has 3 aliphatic heterocycles. The number of halogens is 6. The fourth-order valence-electron chi connectivity index (χ4n) is 6.52. The van der Waals surface area contributed by atoms with Gasteiger partial charge in [0.05, 0.1) is 99.6 Å². The van der Waals surface area contributed by atoms with Crippen molar-refractivity contribution in [3.63, 3.8) is 0 Å². The SMILES string of the molecule is F[P-](F)(F)(F)(F)F.N#Cc1ccccc1OCCCOc1ccccc1C#N.[Cu+].c1cc2ccc1OCCOCCOCCOCCOCCOc1ccc(cc1)-c1ccc3ccc4ccc-2nc4c3n1. The van der Waals surface area contributed by atoms with Gasteiger partial charge in [-0.1, -0.05) is 48.5 Å². The van der Waals surface area contributed by atoms with Gasteiger partial charge in [-0.05, 0) is 84.9 Å². The van der Waals surface area contributed by atoms with Gasteiger partial charge in [0.1, 0.15) is 48.4 Å². The van der Waals surface area contributed by atoms with Crippen LogP contribution in [0.5, 0.6) is 23.0 Å². The summed E-state index contributed by atoms with van der Waals surface area (Å²) in [7, 11) is -10.7. The first-order chi connectivity index (χ1) is 33.6. The molecule has 0 saturated heterocycles. The smallest absolute Gasteiger partial charge is 0.492 e. The van der Waals surface area contributed by atoms with E-state index < -0.39 is 7.81 Å². The zero-order chi connectivity index (χ0) is 49.7. The fraction of sp³-hybridized carbons (Fsp3) is 0.255. The van der Waals surface area contributed by atoms with Crippen molar-refractivity contribution >= 4 is 29.6 Å². The minimum atomic E-state index is -10.7. The average Bonchev–Trinajstić information content (AvgIpc) is 3.35. The largest absolute Gasteiger partial charge is 1.00 e. The van der Waals surface area contributed by atoms with Crippen molar-refractivity contribution in [2.45, 2.75) is 6.42 Å². The summed E-state index contributed by atoms with van der Waals surface area (Å²) in [5.74, 6) is 2.73. The normalized spacial score (nSPS) is 14.6. The third-order valence-electron chi connectivity index (χ3n) is 9.75. The summed E-state index contributed by atoms with van der Waals surface area (Å²) in [4.78, 5) is 10.1. The van der Waals surface area contributed by atoms with Gasteiger partial charge in [-0.2, -0.15) is 10.5 Å². The number of hydrogen-bond acceptors (Lipinski definition) is 12. The monoisotopic (exact) mass is 1050 g/mol. The third-order valence-corrected chi connectivity index (χ3v) is 9.75. The zero-order valence-corrected chi connectivity index (χ0v) is 39.8. The fourth-order valence-corrected chi connectivity index (χ4v) is 6.52. The van der Waals surface area contributed by atoms with Gasteiger partial charge in [-0.3, -0.25) is 0 Å². The van der Waals surface area contributed by atoms with Crippen molar-refractivity contribution in [3.8, 4) is 57.7 Å². The summed E-state index contributed by atoms with van der Waals surface area (Å²) in [6.45, 7) is 5.87. The Labute approximate surface area is 416 Å². The molecule has 3 aliphatic rings. The number of nitriles is 2. The van der Waals surface area contributed by atoms with Crippen molar-refractivity contribution in [2.75, 3.05) is 79.3 Å². The molecule has 0 amide bonds. The second kappa shape index (κ2) is 26.1. The van der Waals surface area contributed by atoms with E-state index in [-0.39, 0.29) is 17.1 Å². The maximum Gasteiger partial charge on any atom is 1.00 e. The number of benzene rings is 5. The van der Waals surface area contributed by atoms with Gasteiger partial charge in [-0.25, -0.2) is 9.97 Å². The Hall–Kier alpha value is -6.53. The number of pyridine rings is 2. The van der Waals surface area contributed by atoms with Gasteiger partial charge in [0.25, 0.3) is 0 Å². The zero-order valence-electron chi connectivity index (χ0n) is 38.0. The molecule has 71 heavy (non-hydrogen) atoms. The number of rotatable bonds is 6. The van der Waals surface area contributed by atoms with Crippen LogP contribution in [0.4, 0.5) is 25.2 Å². The second-order valence-corrected chi connectivity index (χ2v) is 16.9. The molecule has 12 nitrogen and oxygen atoms in total. The molecule has 0 unspecified atom stereocenters. The molecule has 0 N–H and O–H groups in total. The molecule has 0 aliphatic carbocycles. The predicted octanol–water partition coefficient (Wildman–Crippen LogP) is 12.6. The van der Waals surface area contributed by atoms with E-state index in [0.29, 0.717) is 108 Å². The summed E-state index contributed by atoms with van der Waals surface area (Å²) >= 11 is 0. The summed E-state index contributed by atoms with van der Waals surface area (Å²) in [6.07, 6.45) is 0.666. The Balaban J connectivity index is 0.000000269. The Bertz CT molecular complexity index is 2680. The van der Waals surface area contributed by atoms with Gasteiger partial charge < -0.3 is 37.9 Å². The molecule has 7 aromatic rings. The van der Waals surface area contributed by atoms with E-state index in [2.05, 4.69) is 36.4 Å². The number of para-hydroxylation sites is 2. The minimum Gasteiger partial charge on any atom is -0.492 e. The first-order valence-corrected chi connectivity index (χ1v) is 23.9. The van der Waals surface area contributed by atoms with E-state index in [1.165, 1.54) is 0 Å². The number of ether oxygens (including phenoxy) is 8. The molecule has 378 valence electrons. The van der Waals surface area contributed by atoms with Crippen LogP contribution in [-0.4, -0.2) is 89.3 Å². The van der Waals surface area contributed by atoms with Crippen LogP contribution >= 0.6 is 7.81 Å². The maximum absolute atomic E-state index is 10.7. The summed E-state index contributed by atoms with van der Waals surface area (Å²) in [6, 6.07) is 46.8. The predicted molar refractivity (Wildman–Crippen MR) is 254 cm³/mol. The molecule has 0 spiro atoms. The Morgan fingerprint density at radius 1 is 0.451 bits per heavy atom. The molecule has 5 aromatic carbocycles. The second-order valence-electron chi connectivity index (χ2n) is 15.0. The quantitative estimate of drug-likeness (QED) is 0.0513. The molecule has 5 heterocycles. The van der Waals surface area contributed by atoms with Crippen LogP contribution in [0, 0.1) is 22.7 Å². The standard InChI is InChI=1S/C34H34N2O6.C17H14N2O2.Cu.F6P/c1-2-28-8-14-32-26-5-11-30(12-6-26)42-24-22-40-20-18-38-16-15-37-17-19-39-21-23-41-29-9-3-25(4-10-29)31-13-7-27(1)33(35-31)34(28)36-32;18-12-14-6-1-3-8-16(14)20-10-5-11-21-17-9-4-2-7-15(17)13-19;;1-7(2,3,4,5)6/h1-14H,15-24H2;1-4,6-9H,5,10-11H2;;/q;;+1;-1. The van der Waals surface area contributed by atoms with E-state index in [0.717, 1.165) is 55.8 Å². The van der Waals surface area contributed by atoms with Crippen LogP contribution < -0.4 is 18.9 Å². The molecule has 2 aromatic heterocycles. The molecular formula is C51H48CuF6N4O8P. The van der Waals surface area contributed by atoms with Crippen molar-refractivity contribution in [2.24, 2.45) is 0 Å². The van der Waals surface area contributed by atoms with E-state index in [4.69, 9.17) is 58.4 Å². The number of nitrogens with zero attached hydrogens (tertiary/aromatic N) is 4. The van der Waals surface area contributed by atoms with Gasteiger partial charge in [-0.15, -0.1) is 0 Å². The number of hydrogen-bond donors (Lipinski definition) is 0. The van der Waals surface area contributed by atoms with Crippen LogP contribution in [-0.2, 0) is 36.0 Å². The molecule has 0 atom stereocenters. The maximum atomic E-state index is 9.87. The van der Waals surface area contributed by atoms with Gasteiger partial charge >= 0.3 is 50.1 Å². The van der Waals surface area contributed by atoms with Crippen LogP contribution in [0.25, 0.3) is 44.3 Å². The Kier molecular flexibility index (Phi) is 20.3. The Morgan fingerprint density at radius 3 is 1.13 bits per heavy atom. The Morgan fingerprint density at radius 2 is 0.775 bits per heavy atom. The van der Waals surface area contributed by atoms with Crippen molar-refractivity contribution < 1.29 is 80.1 Å². The van der Waals surface area contributed by atoms with Crippen molar-refractivity contribution in [3.05, 3.63) is 145 Å². The van der Waals surface area contributed by atoms with Gasteiger partial charge in [0.2, 0.25) is 0 Å². The molecular weight excluding hydrogens is 1010 g/mol. The molecule has 0 saturated carbocycles. The average molecular weight is 1050 g/mol. The topological polar surface area (TPSA) is 147 Å². The first kappa shape index (κ1) is 55.4. The third kappa shape index (κ3) is 20.0. The van der Waals surface area contributed by atoms with Crippen molar-refractivity contribution in [1.82, 2.24) is 9.97 Å². The number of fused-ring (bicyclic) bond motifs is 2. The summed E-state index contributed by atoms with van der Waals surface area (Å²) < 4.78 is 104. The van der Waals surface area contributed by atoms with Crippen LogP contribution in [0.2, 0.25) is 0 Å². The van der Waals surface area contributed by atoms with Crippen LogP contribution in [0.3, 0.4) is 0 Å². The van der Waals surface area contributed by atoms with Gasteiger partial charge in [0.15, 0.2) is 0 Å². The molecule has 0 radical (unpaired) electrons. The first-order valence-electron chi connectivity index (χ1n) is 21.9. The molecule has 20 heteroatoms. The van der Waals surface area contributed by atoms with E-state index >= 15 is 0 Å². The minimum absolute atomic E-state index is 0. The van der Waals surface area contributed by atoms with E-state index in [1.807, 2.05) is 72.8 Å². The van der Waals surface area contributed by atoms with E-state index in [9.17, 15) is 25.2 Å². The van der Waals surface area contributed by atoms with Crippen LogP contribution in [0.15, 0.2) is 133 Å². The van der Waals surface area contributed by atoms with Crippen molar-refractivity contribution in [1.29, 1.82) is 10.5 Å². The molecule has 8 bridgehead atoms. The van der Waals surface area contributed by atoms with E-state index in [1.54, 1.807) is 36.4 Å². The molecule has 0 fully saturated rings. The van der Waals surface area contributed by atoms with Gasteiger partial charge in [0, 0.05) is 28.3 Å². The van der Waals surface area contributed by atoms with Crippen LogP contribution in [0.1, 0.15) is 17.5 Å². The number of aromatic nitrogens is 2. The summed E-state index contributed by atoms with van der Waals surface area (Å²) in [5.41, 5.74) is 6.57. The summed E-state index contributed by atoms with van der Waals surface area (Å²) in [5, 5.41) is 20.0. The molecule has 10 rings (SSSR count).